The van der Waals surface area contributed by atoms with Crippen LogP contribution in [0.1, 0.15) is 0 Å². The summed E-state index contributed by atoms with van der Waals surface area (Å²) in [4.78, 5) is 26.1. The Morgan fingerprint density at radius 3 is 2.48 bits per heavy atom. The predicted octanol–water partition coefficient (Wildman–Crippen LogP) is 1.94. The Morgan fingerprint density at radius 1 is 1.14 bits per heavy atom. The second kappa shape index (κ2) is 8.29. The van der Waals surface area contributed by atoms with Crippen molar-refractivity contribution in [2.24, 2.45) is 0 Å². The number of benzene rings is 2. The van der Waals surface area contributed by atoms with Crippen LogP contribution in [-0.2, 0) is 16.6 Å². The maximum atomic E-state index is 13.0. The number of hydrogen-bond donors (Lipinski definition) is 1. The van der Waals surface area contributed by atoms with Crippen molar-refractivity contribution in [1.82, 2.24) is 14.3 Å². The van der Waals surface area contributed by atoms with Gasteiger partial charge in [0, 0.05) is 30.8 Å². The van der Waals surface area contributed by atoms with Gasteiger partial charge in [0.1, 0.15) is 5.82 Å². The van der Waals surface area contributed by atoms with E-state index in [1.54, 1.807) is 0 Å². The molecule has 0 saturated carbocycles. The monoisotopic (exact) mass is 418 g/mol. The van der Waals surface area contributed by atoms with Crippen LogP contribution >= 0.6 is 0 Å². The SMILES string of the molecule is O=c1cc(-c2ccc(F)cc2)ncn1CCNS(=O)(=O)c1ccccc1[N+](=O)[O-]. The van der Waals surface area contributed by atoms with Crippen molar-refractivity contribution in [2.75, 3.05) is 6.54 Å². The summed E-state index contributed by atoms with van der Waals surface area (Å²) in [6.45, 7) is -0.207. The minimum absolute atomic E-state index is 0.0323. The lowest BCUT2D eigenvalue weighted by Gasteiger charge is -2.09. The molecule has 0 bridgehead atoms. The van der Waals surface area contributed by atoms with Crippen molar-refractivity contribution in [3.05, 3.63) is 87.2 Å². The molecule has 0 spiro atoms. The van der Waals surface area contributed by atoms with Crippen LogP contribution in [0.15, 0.2) is 70.6 Å². The largest absolute Gasteiger partial charge is 0.298 e. The van der Waals surface area contributed by atoms with E-state index in [0.29, 0.717) is 11.3 Å². The average Bonchev–Trinajstić information content (AvgIpc) is 2.69. The lowest BCUT2D eigenvalue weighted by molar-refractivity contribution is -0.387. The molecule has 2 aromatic carbocycles. The third kappa shape index (κ3) is 4.70. The van der Waals surface area contributed by atoms with Crippen LogP contribution in [0, 0.1) is 15.9 Å². The molecule has 3 rings (SSSR count). The maximum Gasteiger partial charge on any atom is 0.289 e. The van der Waals surface area contributed by atoms with Crippen LogP contribution in [0.5, 0.6) is 0 Å². The van der Waals surface area contributed by atoms with E-state index in [1.165, 1.54) is 53.4 Å². The molecule has 0 fully saturated rings. The van der Waals surface area contributed by atoms with E-state index in [-0.39, 0.29) is 13.1 Å². The number of para-hydroxylation sites is 1. The van der Waals surface area contributed by atoms with E-state index in [4.69, 9.17) is 0 Å². The van der Waals surface area contributed by atoms with E-state index < -0.39 is 36.9 Å². The molecule has 0 radical (unpaired) electrons. The number of aromatic nitrogens is 2. The molecule has 1 heterocycles. The van der Waals surface area contributed by atoms with Crippen molar-refractivity contribution in [1.29, 1.82) is 0 Å². The van der Waals surface area contributed by atoms with E-state index in [1.807, 2.05) is 0 Å². The summed E-state index contributed by atoms with van der Waals surface area (Å²) < 4.78 is 41.1. The summed E-state index contributed by atoms with van der Waals surface area (Å²) in [5.74, 6) is -0.409. The van der Waals surface area contributed by atoms with Crippen LogP contribution in [-0.4, -0.2) is 29.4 Å². The fraction of sp³-hybridized carbons (Fsp3) is 0.111. The minimum Gasteiger partial charge on any atom is -0.298 e. The third-order valence-corrected chi connectivity index (χ3v) is 5.52. The van der Waals surface area contributed by atoms with E-state index in [9.17, 15) is 27.7 Å². The molecular weight excluding hydrogens is 403 g/mol. The van der Waals surface area contributed by atoms with Gasteiger partial charge in [-0.1, -0.05) is 12.1 Å². The molecule has 0 aliphatic carbocycles. The maximum absolute atomic E-state index is 13.0. The number of nitro groups is 1. The van der Waals surface area contributed by atoms with Gasteiger partial charge in [0.15, 0.2) is 4.90 Å². The number of halogens is 1. The summed E-state index contributed by atoms with van der Waals surface area (Å²) >= 11 is 0. The fourth-order valence-electron chi connectivity index (χ4n) is 2.59. The molecule has 29 heavy (non-hydrogen) atoms. The van der Waals surface area contributed by atoms with Crippen molar-refractivity contribution in [3.8, 4) is 11.3 Å². The van der Waals surface area contributed by atoms with Gasteiger partial charge < -0.3 is 0 Å². The summed E-state index contributed by atoms with van der Waals surface area (Å²) in [5, 5.41) is 11.0. The van der Waals surface area contributed by atoms with Crippen LogP contribution in [0.25, 0.3) is 11.3 Å². The van der Waals surface area contributed by atoms with Gasteiger partial charge in [-0.15, -0.1) is 0 Å². The molecule has 0 aliphatic rings. The van der Waals surface area contributed by atoms with Crippen LogP contribution < -0.4 is 10.3 Å². The molecule has 9 nitrogen and oxygen atoms in total. The van der Waals surface area contributed by atoms with Crippen LogP contribution in [0.4, 0.5) is 10.1 Å². The first-order chi connectivity index (χ1) is 13.8. The predicted molar refractivity (Wildman–Crippen MR) is 102 cm³/mol. The highest BCUT2D eigenvalue weighted by Gasteiger charge is 2.24. The quantitative estimate of drug-likeness (QED) is 0.462. The molecule has 11 heteroatoms. The molecule has 0 aliphatic heterocycles. The molecular formula is C18H15FN4O5S. The summed E-state index contributed by atoms with van der Waals surface area (Å²) in [7, 11) is -4.14. The number of rotatable bonds is 7. The minimum atomic E-state index is -4.14. The van der Waals surface area contributed by atoms with Gasteiger partial charge in [-0.3, -0.25) is 19.5 Å². The fourth-order valence-corrected chi connectivity index (χ4v) is 3.78. The molecule has 150 valence electrons. The van der Waals surface area contributed by atoms with E-state index >= 15 is 0 Å². The second-order valence-electron chi connectivity index (χ2n) is 5.94. The third-order valence-electron chi connectivity index (χ3n) is 4.02. The zero-order valence-electron chi connectivity index (χ0n) is 14.9. The van der Waals surface area contributed by atoms with E-state index in [2.05, 4.69) is 9.71 Å². The number of hydrogen-bond acceptors (Lipinski definition) is 6. The number of nitro benzene ring substituents is 1. The van der Waals surface area contributed by atoms with Crippen molar-refractivity contribution < 1.29 is 17.7 Å². The Kier molecular flexibility index (Phi) is 5.80. The standard InChI is InChI=1S/C18H15FN4O5S/c19-14-7-5-13(6-8-14)15-11-18(24)22(12-20-15)10-9-21-29(27,28)17-4-2-1-3-16(17)23(25)26/h1-8,11-12,21H,9-10H2. The zero-order valence-corrected chi connectivity index (χ0v) is 15.7. The molecule has 0 amide bonds. The number of nitrogens with zero attached hydrogens (tertiary/aromatic N) is 3. The first kappa shape index (κ1) is 20.3. The molecule has 1 aromatic heterocycles. The average molecular weight is 418 g/mol. The Bertz CT molecular complexity index is 1210. The van der Waals surface area contributed by atoms with Gasteiger partial charge in [0.05, 0.1) is 16.9 Å². The van der Waals surface area contributed by atoms with E-state index in [0.717, 1.165) is 12.1 Å². The van der Waals surface area contributed by atoms with Gasteiger partial charge in [0.2, 0.25) is 10.0 Å². The van der Waals surface area contributed by atoms with Gasteiger partial charge >= 0.3 is 0 Å². The van der Waals surface area contributed by atoms with Gasteiger partial charge in [-0.25, -0.2) is 22.5 Å². The Labute approximate surface area is 164 Å². The lowest BCUT2D eigenvalue weighted by atomic mass is 10.1. The molecule has 3 aromatic rings. The molecule has 0 saturated heterocycles. The Hall–Kier alpha value is -3.44. The first-order valence-electron chi connectivity index (χ1n) is 8.33. The van der Waals surface area contributed by atoms with Crippen LogP contribution in [0.2, 0.25) is 0 Å². The Morgan fingerprint density at radius 2 is 1.83 bits per heavy atom. The van der Waals surface area contributed by atoms with Crippen molar-refractivity contribution in [2.45, 2.75) is 11.4 Å². The van der Waals surface area contributed by atoms with Crippen molar-refractivity contribution in [3.63, 3.8) is 0 Å². The van der Waals surface area contributed by atoms with Gasteiger partial charge in [0.25, 0.3) is 11.2 Å². The topological polar surface area (TPSA) is 124 Å². The lowest BCUT2D eigenvalue weighted by Crippen LogP contribution is -2.31. The number of sulfonamides is 1. The normalized spacial score (nSPS) is 11.3. The summed E-state index contributed by atoms with van der Waals surface area (Å²) in [5.41, 5.74) is -0.0498. The molecule has 1 N–H and O–H groups in total. The number of nitrogens with one attached hydrogen (secondary N) is 1. The highest BCUT2D eigenvalue weighted by molar-refractivity contribution is 7.89. The summed E-state index contributed by atoms with van der Waals surface area (Å²) in [6, 6.07) is 11.7. The first-order valence-corrected chi connectivity index (χ1v) is 9.82. The smallest absolute Gasteiger partial charge is 0.289 e. The van der Waals surface area contributed by atoms with Gasteiger partial charge in [-0.05, 0) is 30.3 Å². The van der Waals surface area contributed by atoms with Crippen LogP contribution in [0.3, 0.4) is 0 Å². The molecule has 0 unspecified atom stereocenters. The van der Waals surface area contributed by atoms with Gasteiger partial charge in [-0.2, -0.15) is 0 Å². The second-order valence-corrected chi connectivity index (χ2v) is 7.67. The van der Waals surface area contributed by atoms with Crippen molar-refractivity contribution >= 4 is 15.7 Å². The molecule has 0 atom stereocenters. The summed E-state index contributed by atoms with van der Waals surface area (Å²) in [6.07, 6.45) is 1.25. The highest BCUT2D eigenvalue weighted by Crippen LogP contribution is 2.22. The zero-order chi connectivity index (χ0) is 21.0. The highest BCUT2D eigenvalue weighted by atomic mass is 32.2. The Balaban J connectivity index is 1.71.